The SMILES string of the molecule is [2H]c1c([2H])c([2H])c2c(c1[2H])c([2H])c([2H])c1oc3cc(-c4cccc(-c5c6ccccc6c(-c6ccccc6-c6ccccc6)c6ccccc56)c4)ccc3c12. The maximum absolute atomic E-state index is 8.76. The van der Waals surface area contributed by atoms with Crippen molar-refractivity contribution < 1.29 is 12.6 Å². The van der Waals surface area contributed by atoms with Gasteiger partial charge in [-0.05, 0) is 101 Å². The van der Waals surface area contributed by atoms with E-state index in [-0.39, 0.29) is 46.6 Å². The van der Waals surface area contributed by atoms with Crippen LogP contribution in [0.2, 0.25) is 0 Å². The molecule has 0 aliphatic rings. The van der Waals surface area contributed by atoms with Crippen LogP contribution in [-0.4, -0.2) is 0 Å². The van der Waals surface area contributed by atoms with Gasteiger partial charge in [-0.1, -0.05) is 158 Å². The predicted molar refractivity (Wildman–Crippen MR) is 208 cm³/mol. The highest BCUT2D eigenvalue weighted by Crippen LogP contribution is 2.46. The second-order valence-corrected chi connectivity index (χ2v) is 12.4. The van der Waals surface area contributed by atoms with Gasteiger partial charge < -0.3 is 4.42 Å². The summed E-state index contributed by atoms with van der Waals surface area (Å²) < 4.78 is 57.4. The van der Waals surface area contributed by atoms with Crippen LogP contribution in [0.1, 0.15) is 8.22 Å². The first-order valence-corrected chi connectivity index (χ1v) is 16.4. The van der Waals surface area contributed by atoms with Gasteiger partial charge in [-0.3, -0.25) is 0 Å². The van der Waals surface area contributed by atoms with Crippen LogP contribution >= 0.6 is 0 Å². The molecular weight excluding hydrogens is 593 g/mol. The molecule has 1 heterocycles. The Labute approximate surface area is 292 Å². The van der Waals surface area contributed by atoms with E-state index in [1.165, 1.54) is 33.0 Å². The van der Waals surface area contributed by atoms with Crippen LogP contribution < -0.4 is 0 Å². The molecule has 0 atom stereocenters. The van der Waals surface area contributed by atoms with E-state index in [2.05, 4.69) is 121 Å². The van der Waals surface area contributed by atoms with Gasteiger partial charge in [0.1, 0.15) is 11.2 Å². The predicted octanol–water partition coefficient (Wildman–Crippen LogP) is 13.7. The molecule has 0 saturated carbocycles. The molecule has 0 bridgehead atoms. The lowest BCUT2D eigenvalue weighted by Crippen LogP contribution is -1.92. The van der Waals surface area contributed by atoms with E-state index in [4.69, 9.17) is 12.6 Å². The van der Waals surface area contributed by atoms with Crippen LogP contribution in [0.25, 0.3) is 98.8 Å². The molecule has 228 valence electrons. The van der Waals surface area contributed by atoms with Crippen molar-refractivity contribution >= 4 is 54.3 Å². The topological polar surface area (TPSA) is 13.1 Å². The third-order valence-electron chi connectivity index (χ3n) is 9.63. The lowest BCUT2D eigenvalue weighted by atomic mass is 9.83. The molecule has 0 unspecified atom stereocenters. The summed E-state index contributed by atoms with van der Waals surface area (Å²) in [5.74, 6) is 0. The van der Waals surface area contributed by atoms with Gasteiger partial charge in [0.05, 0.1) is 8.22 Å². The fourth-order valence-electron chi connectivity index (χ4n) is 7.48. The molecule has 9 aromatic carbocycles. The van der Waals surface area contributed by atoms with Crippen molar-refractivity contribution in [1.29, 1.82) is 0 Å². The highest BCUT2D eigenvalue weighted by atomic mass is 16.3. The van der Waals surface area contributed by atoms with Gasteiger partial charge in [-0.2, -0.15) is 0 Å². The third kappa shape index (κ3) is 4.40. The van der Waals surface area contributed by atoms with Crippen molar-refractivity contribution in [2.75, 3.05) is 0 Å². The van der Waals surface area contributed by atoms with E-state index in [1.807, 2.05) is 24.3 Å². The quantitative estimate of drug-likeness (QED) is 0.177. The lowest BCUT2D eigenvalue weighted by molar-refractivity contribution is 0.669. The molecule has 49 heavy (non-hydrogen) atoms. The molecule has 0 amide bonds. The van der Waals surface area contributed by atoms with Gasteiger partial charge in [0.15, 0.2) is 0 Å². The number of fused-ring (bicyclic) bond motifs is 7. The fraction of sp³-hybridized carbons (Fsp3) is 0. The van der Waals surface area contributed by atoms with Gasteiger partial charge in [-0.25, -0.2) is 0 Å². The van der Waals surface area contributed by atoms with Gasteiger partial charge >= 0.3 is 0 Å². The minimum atomic E-state index is -0.424. The number of hydrogen-bond acceptors (Lipinski definition) is 1. The van der Waals surface area contributed by atoms with Crippen molar-refractivity contribution in [2.45, 2.75) is 0 Å². The molecular formula is C48H30O. The van der Waals surface area contributed by atoms with Crippen molar-refractivity contribution in [1.82, 2.24) is 0 Å². The zero-order chi connectivity index (χ0) is 37.5. The van der Waals surface area contributed by atoms with E-state index in [9.17, 15) is 0 Å². The highest BCUT2D eigenvalue weighted by Gasteiger charge is 2.19. The molecule has 0 fully saturated rings. The lowest BCUT2D eigenvalue weighted by Gasteiger charge is -2.20. The molecule has 10 aromatic rings. The Morgan fingerprint density at radius 3 is 1.76 bits per heavy atom. The molecule has 0 saturated heterocycles. The van der Waals surface area contributed by atoms with Gasteiger partial charge in [-0.15, -0.1) is 0 Å². The first-order valence-electron chi connectivity index (χ1n) is 19.4. The molecule has 1 nitrogen and oxygen atoms in total. The summed E-state index contributed by atoms with van der Waals surface area (Å²) in [5.41, 5.74) is 9.39. The van der Waals surface area contributed by atoms with Gasteiger partial charge in [0, 0.05) is 10.8 Å². The summed E-state index contributed by atoms with van der Waals surface area (Å²) in [4.78, 5) is 0. The summed E-state index contributed by atoms with van der Waals surface area (Å²) in [6, 6.07) is 48.8. The second kappa shape index (κ2) is 11.1. The average molecular weight is 629 g/mol. The second-order valence-electron chi connectivity index (χ2n) is 12.4. The molecule has 0 aliphatic carbocycles. The normalized spacial score (nSPS) is 13.4. The van der Waals surface area contributed by atoms with Crippen LogP contribution in [0.15, 0.2) is 186 Å². The zero-order valence-corrected chi connectivity index (χ0v) is 26.3. The molecule has 0 spiro atoms. The summed E-state index contributed by atoms with van der Waals surface area (Å²) in [5, 5.41) is 5.90. The molecule has 1 heteroatoms. The number of hydrogen-bond donors (Lipinski definition) is 0. The van der Waals surface area contributed by atoms with Crippen molar-refractivity contribution in [3.63, 3.8) is 0 Å². The summed E-state index contributed by atoms with van der Waals surface area (Å²) >= 11 is 0. The van der Waals surface area contributed by atoms with Crippen molar-refractivity contribution in [3.8, 4) is 44.5 Å². The van der Waals surface area contributed by atoms with Gasteiger partial charge in [0.25, 0.3) is 0 Å². The first kappa shape index (κ1) is 22.2. The Hall–Kier alpha value is -6.44. The average Bonchev–Trinajstić information content (AvgIpc) is 3.62. The van der Waals surface area contributed by atoms with Crippen LogP contribution in [0.3, 0.4) is 0 Å². The smallest absolute Gasteiger partial charge is 0.136 e. The van der Waals surface area contributed by atoms with E-state index >= 15 is 0 Å². The van der Waals surface area contributed by atoms with E-state index in [0.29, 0.717) is 16.4 Å². The van der Waals surface area contributed by atoms with E-state index < -0.39 is 6.04 Å². The monoisotopic (exact) mass is 628 g/mol. The Morgan fingerprint density at radius 1 is 0.367 bits per heavy atom. The van der Waals surface area contributed by atoms with E-state index in [1.54, 1.807) is 0 Å². The maximum Gasteiger partial charge on any atom is 0.136 e. The van der Waals surface area contributed by atoms with Crippen LogP contribution in [0.5, 0.6) is 0 Å². The molecule has 10 rings (SSSR count). The first-order chi connectivity index (χ1) is 26.8. The summed E-state index contributed by atoms with van der Waals surface area (Å²) in [6.07, 6.45) is 0. The maximum atomic E-state index is 8.76. The molecule has 0 radical (unpaired) electrons. The fourth-order valence-corrected chi connectivity index (χ4v) is 7.48. The van der Waals surface area contributed by atoms with Crippen molar-refractivity contribution in [2.24, 2.45) is 0 Å². The van der Waals surface area contributed by atoms with Crippen LogP contribution in [0.4, 0.5) is 0 Å². The summed E-state index contributed by atoms with van der Waals surface area (Å²) in [6.45, 7) is 0. The largest absolute Gasteiger partial charge is 0.456 e. The Kier molecular flexibility index (Phi) is 5.02. The Balaban J connectivity index is 1.18. The summed E-state index contributed by atoms with van der Waals surface area (Å²) in [7, 11) is 0. The van der Waals surface area contributed by atoms with E-state index in [0.717, 1.165) is 33.0 Å². The Bertz CT molecular complexity index is 3160. The van der Waals surface area contributed by atoms with Crippen LogP contribution in [0, 0.1) is 0 Å². The molecule has 0 aliphatic heterocycles. The Morgan fingerprint density at radius 2 is 0.980 bits per heavy atom. The number of rotatable bonds is 4. The van der Waals surface area contributed by atoms with Gasteiger partial charge in [0.2, 0.25) is 0 Å². The molecule has 0 N–H and O–H groups in total. The highest BCUT2D eigenvalue weighted by molar-refractivity contribution is 6.23. The minimum Gasteiger partial charge on any atom is -0.456 e. The standard InChI is InChI=1S/C48H30O/c1-2-13-31(14-3-1)36-18-6-7-20-38(36)47-41-23-10-8-21-39(41)46(40-22-9-11-24-42(40)47)35-17-12-16-33(29-35)34-25-27-43-45(30-34)49-44-28-26-32-15-4-5-19-37(32)48(43)44/h1-30H/i4D,5D,15D,19D,26D,28D. The number of furan rings is 1. The molecule has 1 aromatic heterocycles. The third-order valence-corrected chi connectivity index (χ3v) is 9.63. The van der Waals surface area contributed by atoms with Crippen molar-refractivity contribution in [3.05, 3.63) is 182 Å². The minimum absolute atomic E-state index is 0.0250. The zero-order valence-electron chi connectivity index (χ0n) is 32.3. The van der Waals surface area contributed by atoms with Crippen LogP contribution in [-0.2, 0) is 0 Å². The number of benzene rings is 9.